The molecule has 0 fully saturated rings. The number of nitrogen functional groups attached to an aromatic ring is 1. The van der Waals surface area contributed by atoms with Gasteiger partial charge in [0.15, 0.2) is 5.78 Å². The number of ketones is 1. The average Bonchev–Trinajstić information content (AvgIpc) is 2.56. The molecule has 0 aliphatic rings. The van der Waals surface area contributed by atoms with Crippen LogP contribution in [0.1, 0.15) is 27.0 Å². The van der Waals surface area contributed by atoms with Crippen molar-refractivity contribution in [3.8, 4) is 0 Å². The number of nitrogens with two attached hydrogens (primary N) is 2. The molecule has 1 aromatic heterocycles. The number of primary amides is 1. The van der Waals surface area contributed by atoms with Gasteiger partial charge >= 0.3 is 0 Å². The molecule has 17 heavy (non-hydrogen) atoms. The van der Waals surface area contributed by atoms with Crippen molar-refractivity contribution in [2.24, 2.45) is 5.73 Å². The van der Waals surface area contributed by atoms with E-state index >= 15 is 0 Å². The smallest absolute Gasteiger partial charge is 0.253 e. The molecule has 0 aliphatic heterocycles. The highest BCUT2D eigenvalue weighted by Gasteiger charge is 2.21. The number of rotatable bonds is 6. The number of carbonyl (C=O) groups excluding carboxylic acids is 2. The molecule has 0 aliphatic carbocycles. The van der Waals surface area contributed by atoms with Gasteiger partial charge in [-0.2, -0.15) is 0 Å². The van der Waals surface area contributed by atoms with E-state index in [-0.39, 0.29) is 17.0 Å². The van der Waals surface area contributed by atoms with E-state index in [9.17, 15) is 9.59 Å². The minimum Gasteiger partial charge on any atom is -0.397 e. The minimum atomic E-state index is -0.647. The van der Waals surface area contributed by atoms with Crippen LogP contribution in [0.4, 0.5) is 10.7 Å². The van der Waals surface area contributed by atoms with Crippen molar-refractivity contribution in [2.75, 3.05) is 31.3 Å². The van der Waals surface area contributed by atoms with Crippen LogP contribution in [0.3, 0.4) is 0 Å². The molecule has 94 valence electrons. The Labute approximate surface area is 103 Å². The van der Waals surface area contributed by atoms with E-state index in [1.807, 2.05) is 0 Å². The van der Waals surface area contributed by atoms with Crippen molar-refractivity contribution in [3.05, 3.63) is 10.4 Å². The van der Waals surface area contributed by atoms with Gasteiger partial charge in [0.1, 0.15) is 5.00 Å². The highest BCUT2D eigenvalue weighted by atomic mass is 32.1. The minimum absolute atomic E-state index is 0.148. The molecule has 1 heterocycles. The van der Waals surface area contributed by atoms with Crippen LogP contribution in [0.5, 0.6) is 0 Å². The van der Waals surface area contributed by atoms with Crippen molar-refractivity contribution in [1.82, 2.24) is 0 Å². The van der Waals surface area contributed by atoms with Crippen LogP contribution in [-0.2, 0) is 4.74 Å². The number of ether oxygens (including phenoxy) is 1. The molecule has 0 radical (unpaired) electrons. The standard InChI is InChI=1S/C10H15N3O3S/c1-5(14)8-7(11)6(9(12)15)10(17-8)13-3-4-16-2/h13H,3-4,11H2,1-2H3,(H2,12,15). The van der Waals surface area contributed by atoms with E-state index < -0.39 is 5.91 Å². The van der Waals surface area contributed by atoms with Crippen LogP contribution < -0.4 is 16.8 Å². The lowest BCUT2D eigenvalue weighted by atomic mass is 10.2. The van der Waals surface area contributed by atoms with E-state index in [2.05, 4.69) is 5.32 Å². The van der Waals surface area contributed by atoms with Gasteiger partial charge in [-0.15, -0.1) is 11.3 Å². The van der Waals surface area contributed by atoms with Crippen LogP contribution in [0.25, 0.3) is 0 Å². The normalized spacial score (nSPS) is 10.2. The van der Waals surface area contributed by atoms with E-state index in [0.29, 0.717) is 23.0 Å². The van der Waals surface area contributed by atoms with Crippen LogP contribution in [0.15, 0.2) is 0 Å². The zero-order chi connectivity index (χ0) is 13.0. The van der Waals surface area contributed by atoms with Crippen molar-refractivity contribution in [3.63, 3.8) is 0 Å². The van der Waals surface area contributed by atoms with E-state index in [1.54, 1.807) is 7.11 Å². The molecule has 0 bridgehead atoms. The predicted octanol–water partition coefficient (Wildman–Crippen LogP) is 0.690. The molecule has 1 amide bonds. The maximum atomic E-state index is 11.3. The second-order valence-corrected chi connectivity index (χ2v) is 4.41. The first kappa shape index (κ1) is 13.5. The zero-order valence-electron chi connectivity index (χ0n) is 9.70. The lowest BCUT2D eigenvalue weighted by Gasteiger charge is -2.04. The summed E-state index contributed by atoms with van der Waals surface area (Å²) in [5.74, 6) is -0.832. The molecule has 1 aromatic rings. The third-order valence-electron chi connectivity index (χ3n) is 2.10. The Morgan fingerprint density at radius 3 is 2.59 bits per heavy atom. The van der Waals surface area contributed by atoms with Gasteiger partial charge in [-0.1, -0.05) is 0 Å². The Balaban J connectivity index is 3.06. The van der Waals surface area contributed by atoms with Crippen LogP contribution in [-0.4, -0.2) is 32.0 Å². The summed E-state index contributed by atoms with van der Waals surface area (Å²) in [6.45, 7) is 2.38. The van der Waals surface area contributed by atoms with E-state index in [4.69, 9.17) is 16.2 Å². The van der Waals surface area contributed by atoms with Crippen LogP contribution in [0.2, 0.25) is 0 Å². The fraction of sp³-hybridized carbons (Fsp3) is 0.400. The molecular formula is C10H15N3O3S. The third kappa shape index (κ3) is 2.95. The van der Waals surface area contributed by atoms with Crippen molar-refractivity contribution >= 4 is 33.7 Å². The van der Waals surface area contributed by atoms with E-state index in [0.717, 1.165) is 11.3 Å². The van der Waals surface area contributed by atoms with Crippen LogP contribution >= 0.6 is 11.3 Å². The Kier molecular flexibility index (Phi) is 4.47. The van der Waals surface area contributed by atoms with Crippen molar-refractivity contribution < 1.29 is 14.3 Å². The lowest BCUT2D eigenvalue weighted by Crippen LogP contribution is -2.16. The molecule has 0 spiro atoms. The Morgan fingerprint density at radius 2 is 2.12 bits per heavy atom. The molecular weight excluding hydrogens is 242 g/mol. The summed E-state index contributed by atoms with van der Waals surface area (Å²) in [5.41, 5.74) is 11.3. The zero-order valence-corrected chi connectivity index (χ0v) is 10.5. The maximum absolute atomic E-state index is 11.3. The average molecular weight is 257 g/mol. The maximum Gasteiger partial charge on any atom is 0.253 e. The molecule has 1 rings (SSSR count). The summed E-state index contributed by atoms with van der Waals surface area (Å²) in [7, 11) is 1.57. The molecule has 0 saturated carbocycles. The van der Waals surface area contributed by atoms with Crippen molar-refractivity contribution in [2.45, 2.75) is 6.92 Å². The fourth-order valence-electron chi connectivity index (χ4n) is 1.34. The number of methoxy groups -OCH3 is 1. The lowest BCUT2D eigenvalue weighted by molar-refractivity contribution is 0.100. The summed E-state index contributed by atoms with van der Waals surface area (Å²) in [4.78, 5) is 22.9. The van der Waals surface area contributed by atoms with Gasteiger partial charge in [-0.05, 0) is 0 Å². The van der Waals surface area contributed by atoms with Gasteiger partial charge in [0, 0.05) is 20.6 Å². The molecule has 7 heteroatoms. The molecule has 6 nitrogen and oxygen atoms in total. The number of amides is 1. The summed E-state index contributed by atoms with van der Waals surface area (Å²) >= 11 is 1.13. The summed E-state index contributed by atoms with van der Waals surface area (Å²) in [5, 5.41) is 3.48. The van der Waals surface area contributed by atoms with Gasteiger partial charge in [-0.3, -0.25) is 9.59 Å². The Hall–Kier alpha value is -1.60. The highest BCUT2D eigenvalue weighted by Crippen LogP contribution is 2.35. The van der Waals surface area contributed by atoms with Gasteiger partial charge in [-0.25, -0.2) is 0 Å². The second kappa shape index (κ2) is 5.65. The molecule has 5 N–H and O–H groups in total. The monoisotopic (exact) mass is 257 g/mol. The summed E-state index contributed by atoms with van der Waals surface area (Å²) in [6.07, 6.45) is 0. The molecule has 0 unspecified atom stereocenters. The first-order valence-corrected chi connectivity index (χ1v) is 5.76. The first-order valence-electron chi connectivity index (χ1n) is 4.94. The van der Waals surface area contributed by atoms with Gasteiger partial charge in [0.05, 0.1) is 22.7 Å². The number of anilines is 2. The second-order valence-electron chi connectivity index (χ2n) is 3.39. The van der Waals surface area contributed by atoms with Crippen molar-refractivity contribution in [1.29, 1.82) is 0 Å². The largest absolute Gasteiger partial charge is 0.397 e. The first-order chi connectivity index (χ1) is 7.99. The topological polar surface area (TPSA) is 107 Å². The third-order valence-corrected chi connectivity index (χ3v) is 3.37. The van der Waals surface area contributed by atoms with Gasteiger partial charge in [0.2, 0.25) is 0 Å². The number of Topliss-reactive ketones (excluding diaryl/α,β-unsaturated/α-hetero) is 1. The molecule has 0 saturated heterocycles. The number of nitrogens with one attached hydrogen (secondary N) is 1. The highest BCUT2D eigenvalue weighted by molar-refractivity contribution is 7.19. The quantitative estimate of drug-likeness (QED) is 0.513. The summed E-state index contributed by atoms with van der Waals surface area (Å²) in [6, 6.07) is 0. The Bertz CT molecular complexity index is 442. The summed E-state index contributed by atoms with van der Waals surface area (Å²) < 4.78 is 4.88. The van der Waals surface area contributed by atoms with Crippen LogP contribution in [0, 0.1) is 0 Å². The number of thiophene rings is 1. The fourth-order valence-corrected chi connectivity index (χ4v) is 2.39. The molecule has 0 atom stereocenters. The number of hydrogen-bond acceptors (Lipinski definition) is 6. The number of carbonyl (C=O) groups is 2. The van der Waals surface area contributed by atoms with E-state index in [1.165, 1.54) is 6.92 Å². The SMILES string of the molecule is COCCNc1sc(C(C)=O)c(N)c1C(N)=O. The Morgan fingerprint density at radius 1 is 1.47 bits per heavy atom. The molecule has 0 aromatic carbocycles. The predicted molar refractivity (Wildman–Crippen MR) is 67.6 cm³/mol. The van der Waals surface area contributed by atoms with Gasteiger partial charge < -0.3 is 21.5 Å². The number of hydrogen-bond donors (Lipinski definition) is 3. The van der Waals surface area contributed by atoms with Gasteiger partial charge in [0.25, 0.3) is 5.91 Å².